The van der Waals surface area contributed by atoms with Crippen LogP contribution in [-0.2, 0) is 19.1 Å². The Morgan fingerprint density at radius 3 is 2.12 bits per heavy atom. The molecule has 0 amide bonds. The summed E-state index contributed by atoms with van der Waals surface area (Å²) in [6, 6.07) is 13.0. The number of nitrogens with zero attached hydrogens (tertiary/aromatic N) is 3. The van der Waals surface area contributed by atoms with Crippen molar-refractivity contribution in [2.75, 3.05) is 32.7 Å². The van der Waals surface area contributed by atoms with Crippen LogP contribution in [0.5, 0.6) is 0 Å². The number of benzene rings is 1. The third-order valence-electron chi connectivity index (χ3n) is 4.55. The molecule has 0 radical (unpaired) electrons. The molecule has 1 fully saturated rings. The summed E-state index contributed by atoms with van der Waals surface area (Å²) < 4.78 is 37.6. The van der Waals surface area contributed by atoms with Gasteiger partial charge in [0.25, 0.3) is 0 Å². The summed E-state index contributed by atoms with van der Waals surface area (Å²) in [6.45, 7) is 5.52. The van der Waals surface area contributed by atoms with Crippen LogP contribution < -0.4 is 0 Å². The first-order chi connectivity index (χ1) is 12.0. The van der Waals surface area contributed by atoms with Gasteiger partial charge in [-0.25, -0.2) is 0 Å². The summed E-state index contributed by atoms with van der Waals surface area (Å²) in [6.07, 6.45) is -1.99. The molecule has 0 bridgehead atoms. The van der Waals surface area contributed by atoms with Gasteiger partial charge in [-0.3, -0.25) is 9.88 Å². The van der Waals surface area contributed by atoms with Crippen LogP contribution in [-0.4, -0.2) is 47.5 Å². The molecule has 1 aromatic heterocycles. The van der Waals surface area contributed by atoms with E-state index in [-0.39, 0.29) is 0 Å². The molecule has 3 rings (SSSR count). The molecule has 1 aliphatic heterocycles. The van der Waals surface area contributed by atoms with Crippen molar-refractivity contribution < 1.29 is 13.2 Å². The van der Waals surface area contributed by atoms with Crippen LogP contribution in [0.15, 0.2) is 48.7 Å². The number of hydrogen-bond acceptors (Lipinski definition) is 3. The van der Waals surface area contributed by atoms with Crippen molar-refractivity contribution >= 4 is 0 Å². The minimum absolute atomic E-state index is 0.650. The molecule has 2 aromatic rings. The third-order valence-corrected chi connectivity index (χ3v) is 4.55. The van der Waals surface area contributed by atoms with E-state index in [0.29, 0.717) is 6.54 Å². The highest BCUT2D eigenvalue weighted by Crippen LogP contribution is 2.27. The zero-order valence-electron chi connectivity index (χ0n) is 14.0. The fourth-order valence-corrected chi connectivity index (χ4v) is 3.05. The first-order valence-electron chi connectivity index (χ1n) is 8.51. The molecular weight excluding hydrogens is 327 g/mol. The lowest BCUT2D eigenvalue weighted by molar-refractivity contribution is -0.141. The average molecular weight is 349 g/mol. The van der Waals surface area contributed by atoms with Crippen LogP contribution in [0.4, 0.5) is 13.2 Å². The van der Waals surface area contributed by atoms with E-state index in [4.69, 9.17) is 0 Å². The minimum atomic E-state index is -4.37. The second-order valence-electron chi connectivity index (χ2n) is 6.40. The van der Waals surface area contributed by atoms with Gasteiger partial charge >= 0.3 is 6.18 Å². The van der Waals surface area contributed by atoms with Gasteiger partial charge in [0.1, 0.15) is 5.69 Å². The van der Waals surface area contributed by atoms with Crippen LogP contribution in [0.1, 0.15) is 16.8 Å². The Labute approximate surface area is 146 Å². The summed E-state index contributed by atoms with van der Waals surface area (Å²) in [5.41, 5.74) is 1.34. The highest BCUT2D eigenvalue weighted by molar-refractivity contribution is 5.16. The van der Waals surface area contributed by atoms with Crippen molar-refractivity contribution in [3.8, 4) is 0 Å². The van der Waals surface area contributed by atoms with E-state index in [2.05, 4.69) is 39.0 Å². The highest BCUT2D eigenvalue weighted by Gasteiger charge is 2.32. The normalized spacial score (nSPS) is 16.9. The molecule has 134 valence electrons. The summed E-state index contributed by atoms with van der Waals surface area (Å²) >= 11 is 0. The van der Waals surface area contributed by atoms with Gasteiger partial charge in [-0.15, -0.1) is 0 Å². The molecule has 6 heteroatoms. The van der Waals surface area contributed by atoms with Crippen molar-refractivity contribution in [1.29, 1.82) is 0 Å². The van der Waals surface area contributed by atoms with Crippen molar-refractivity contribution in [1.82, 2.24) is 14.8 Å². The molecule has 25 heavy (non-hydrogen) atoms. The maximum atomic E-state index is 12.5. The second kappa shape index (κ2) is 7.97. The zero-order chi connectivity index (χ0) is 17.7. The van der Waals surface area contributed by atoms with Crippen molar-refractivity contribution in [3.63, 3.8) is 0 Å². The Morgan fingerprint density at radius 1 is 0.840 bits per heavy atom. The van der Waals surface area contributed by atoms with Crippen molar-refractivity contribution in [3.05, 3.63) is 65.5 Å². The fourth-order valence-electron chi connectivity index (χ4n) is 3.05. The lowest BCUT2D eigenvalue weighted by atomic mass is 10.1. The molecular formula is C19H22F3N3. The van der Waals surface area contributed by atoms with Crippen molar-refractivity contribution in [2.45, 2.75) is 19.1 Å². The fraction of sp³-hybridized carbons (Fsp3) is 0.421. The third kappa shape index (κ3) is 5.28. The van der Waals surface area contributed by atoms with Gasteiger partial charge in [-0.05, 0) is 23.6 Å². The standard InChI is InChI=1S/C19H22F3N3/c20-19(21,22)18-7-6-17(14-23-18)15-25-12-10-24(11-13-25)9-8-16-4-2-1-3-5-16/h1-7,14H,8-13,15H2. The molecule has 0 spiro atoms. The van der Waals surface area contributed by atoms with E-state index in [0.717, 1.165) is 50.8 Å². The smallest absolute Gasteiger partial charge is 0.300 e. The van der Waals surface area contributed by atoms with Gasteiger partial charge < -0.3 is 4.90 Å². The number of piperazine rings is 1. The Morgan fingerprint density at radius 2 is 1.52 bits per heavy atom. The van der Waals surface area contributed by atoms with E-state index in [1.807, 2.05) is 6.07 Å². The minimum Gasteiger partial charge on any atom is -0.300 e. The zero-order valence-corrected chi connectivity index (χ0v) is 14.0. The number of rotatable bonds is 5. The lowest BCUT2D eigenvalue weighted by Gasteiger charge is -2.34. The Kier molecular flexibility index (Phi) is 5.71. The SMILES string of the molecule is FC(F)(F)c1ccc(CN2CCN(CCc3ccccc3)CC2)cn1. The van der Waals surface area contributed by atoms with E-state index >= 15 is 0 Å². The lowest BCUT2D eigenvalue weighted by Crippen LogP contribution is -2.46. The maximum absolute atomic E-state index is 12.5. The Balaban J connectivity index is 1.43. The van der Waals surface area contributed by atoms with Gasteiger partial charge in [0.05, 0.1) is 0 Å². The first kappa shape index (κ1) is 17.9. The number of pyridine rings is 1. The predicted octanol–water partition coefficient (Wildman–Crippen LogP) is 3.46. The molecule has 1 aliphatic rings. The second-order valence-corrected chi connectivity index (χ2v) is 6.40. The quantitative estimate of drug-likeness (QED) is 0.824. The molecule has 2 heterocycles. The largest absolute Gasteiger partial charge is 0.433 e. The predicted molar refractivity (Wildman–Crippen MR) is 91.1 cm³/mol. The molecule has 1 aromatic carbocycles. The number of aromatic nitrogens is 1. The average Bonchev–Trinajstić information content (AvgIpc) is 2.62. The van der Waals surface area contributed by atoms with E-state index in [9.17, 15) is 13.2 Å². The molecule has 0 saturated carbocycles. The summed E-state index contributed by atoms with van der Waals surface area (Å²) in [7, 11) is 0. The van der Waals surface area contributed by atoms with Gasteiger partial charge in [-0.1, -0.05) is 36.4 Å². The first-order valence-corrected chi connectivity index (χ1v) is 8.51. The monoisotopic (exact) mass is 349 g/mol. The van der Waals surface area contributed by atoms with Gasteiger partial charge in [0, 0.05) is 45.5 Å². The van der Waals surface area contributed by atoms with Gasteiger partial charge in [-0.2, -0.15) is 13.2 Å². The van der Waals surface area contributed by atoms with Crippen molar-refractivity contribution in [2.24, 2.45) is 0 Å². The van der Waals surface area contributed by atoms with Crippen LogP contribution >= 0.6 is 0 Å². The number of hydrogen-bond donors (Lipinski definition) is 0. The summed E-state index contributed by atoms with van der Waals surface area (Å²) in [4.78, 5) is 8.24. The van der Waals surface area contributed by atoms with Gasteiger partial charge in [0.2, 0.25) is 0 Å². The molecule has 0 N–H and O–H groups in total. The summed E-state index contributed by atoms with van der Waals surface area (Å²) in [5, 5.41) is 0. The van der Waals surface area contributed by atoms with Crippen LogP contribution in [0, 0.1) is 0 Å². The molecule has 0 unspecified atom stereocenters. The van der Waals surface area contributed by atoms with Crippen LogP contribution in [0.25, 0.3) is 0 Å². The highest BCUT2D eigenvalue weighted by atomic mass is 19.4. The Bertz CT molecular complexity index is 648. The topological polar surface area (TPSA) is 19.4 Å². The number of halogens is 3. The number of alkyl halides is 3. The Hall–Kier alpha value is -1.92. The van der Waals surface area contributed by atoms with Crippen LogP contribution in [0.2, 0.25) is 0 Å². The molecule has 3 nitrogen and oxygen atoms in total. The van der Waals surface area contributed by atoms with Crippen LogP contribution in [0.3, 0.4) is 0 Å². The summed E-state index contributed by atoms with van der Waals surface area (Å²) in [5.74, 6) is 0. The molecule has 0 aliphatic carbocycles. The molecule has 0 atom stereocenters. The van der Waals surface area contributed by atoms with E-state index in [1.54, 1.807) is 0 Å². The van der Waals surface area contributed by atoms with E-state index < -0.39 is 11.9 Å². The van der Waals surface area contributed by atoms with Gasteiger partial charge in [0.15, 0.2) is 0 Å². The molecule has 1 saturated heterocycles. The van der Waals surface area contributed by atoms with E-state index in [1.165, 1.54) is 17.8 Å². The maximum Gasteiger partial charge on any atom is 0.433 e.